The minimum absolute atomic E-state index is 0.736. The Morgan fingerprint density at radius 3 is 2.61 bits per heavy atom. The molecule has 18 heavy (non-hydrogen) atoms. The van der Waals surface area contributed by atoms with Crippen LogP contribution in [0, 0.1) is 0 Å². The van der Waals surface area contributed by atoms with Crippen LogP contribution in [-0.4, -0.2) is 18.6 Å². The van der Waals surface area contributed by atoms with Gasteiger partial charge in [-0.1, -0.05) is 17.7 Å². The van der Waals surface area contributed by atoms with Gasteiger partial charge >= 0.3 is 0 Å². The molecule has 0 aliphatic heterocycles. The van der Waals surface area contributed by atoms with Crippen molar-refractivity contribution in [1.29, 1.82) is 0 Å². The summed E-state index contributed by atoms with van der Waals surface area (Å²) < 4.78 is 0. The monoisotopic (exact) mass is 264 g/mol. The third kappa shape index (κ3) is 2.81. The summed E-state index contributed by atoms with van der Waals surface area (Å²) in [6.07, 6.45) is 5.30. The molecule has 0 heterocycles. The van der Waals surface area contributed by atoms with E-state index in [0.29, 0.717) is 0 Å². The number of anilines is 1. The molecule has 2 nitrogen and oxygen atoms in total. The van der Waals surface area contributed by atoms with E-state index in [-0.39, 0.29) is 0 Å². The SMILES string of the molecule is CCN(c1ccc(CNC2CC2)c(Cl)c1)C1CC1. The molecule has 1 aromatic rings. The maximum atomic E-state index is 6.39. The van der Waals surface area contributed by atoms with E-state index in [2.05, 4.69) is 35.3 Å². The van der Waals surface area contributed by atoms with Gasteiger partial charge in [-0.25, -0.2) is 0 Å². The molecule has 0 radical (unpaired) electrons. The van der Waals surface area contributed by atoms with E-state index in [1.165, 1.54) is 36.9 Å². The number of hydrogen-bond acceptors (Lipinski definition) is 2. The summed E-state index contributed by atoms with van der Waals surface area (Å²) in [5, 5.41) is 4.42. The molecule has 0 unspecified atom stereocenters. The van der Waals surface area contributed by atoms with Gasteiger partial charge < -0.3 is 10.2 Å². The molecular formula is C15H21ClN2. The molecule has 0 amide bonds. The minimum atomic E-state index is 0.736. The van der Waals surface area contributed by atoms with E-state index in [0.717, 1.165) is 30.2 Å². The fourth-order valence-electron chi connectivity index (χ4n) is 2.44. The predicted octanol–water partition coefficient (Wildman–Crippen LogP) is 3.58. The first kappa shape index (κ1) is 12.3. The summed E-state index contributed by atoms with van der Waals surface area (Å²) >= 11 is 6.39. The molecule has 2 aliphatic rings. The zero-order valence-corrected chi connectivity index (χ0v) is 11.7. The van der Waals surface area contributed by atoms with Gasteiger partial charge in [-0.2, -0.15) is 0 Å². The smallest absolute Gasteiger partial charge is 0.0471 e. The summed E-state index contributed by atoms with van der Waals surface area (Å²) in [4.78, 5) is 2.46. The van der Waals surface area contributed by atoms with E-state index in [1.807, 2.05) is 0 Å². The van der Waals surface area contributed by atoms with E-state index in [1.54, 1.807) is 0 Å². The van der Waals surface area contributed by atoms with Crippen molar-refractivity contribution >= 4 is 17.3 Å². The molecule has 1 aromatic carbocycles. The van der Waals surface area contributed by atoms with E-state index in [9.17, 15) is 0 Å². The second kappa shape index (κ2) is 5.10. The van der Waals surface area contributed by atoms with Gasteiger partial charge in [0.25, 0.3) is 0 Å². The third-order valence-electron chi connectivity index (χ3n) is 3.86. The lowest BCUT2D eigenvalue weighted by molar-refractivity contribution is 0.688. The molecule has 0 saturated heterocycles. The van der Waals surface area contributed by atoms with Gasteiger partial charge in [-0.3, -0.25) is 0 Å². The first-order valence-electron chi connectivity index (χ1n) is 7.06. The Bertz CT molecular complexity index is 425. The van der Waals surface area contributed by atoms with E-state index >= 15 is 0 Å². The summed E-state index contributed by atoms with van der Waals surface area (Å²) in [5.41, 5.74) is 2.50. The average Bonchev–Trinajstić information content (AvgIpc) is 3.23. The first-order chi connectivity index (χ1) is 8.78. The van der Waals surface area contributed by atoms with Crippen LogP contribution in [0.5, 0.6) is 0 Å². The van der Waals surface area contributed by atoms with Gasteiger partial charge in [0.2, 0.25) is 0 Å². The van der Waals surface area contributed by atoms with E-state index in [4.69, 9.17) is 11.6 Å². The highest BCUT2D eigenvalue weighted by atomic mass is 35.5. The molecule has 2 aliphatic carbocycles. The van der Waals surface area contributed by atoms with Crippen LogP contribution in [0.4, 0.5) is 5.69 Å². The van der Waals surface area contributed by atoms with E-state index < -0.39 is 0 Å². The lowest BCUT2D eigenvalue weighted by atomic mass is 10.2. The van der Waals surface area contributed by atoms with Gasteiger partial charge in [0, 0.05) is 35.9 Å². The van der Waals surface area contributed by atoms with Crippen LogP contribution in [0.15, 0.2) is 18.2 Å². The van der Waals surface area contributed by atoms with Gasteiger partial charge in [-0.05, 0) is 50.3 Å². The molecule has 1 N–H and O–H groups in total. The van der Waals surface area contributed by atoms with Crippen LogP contribution in [0.2, 0.25) is 5.02 Å². The topological polar surface area (TPSA) is 15.3 Å². The molecule has 98 valence electrons. The number of nitrogens with one attached hydrogen (secondary N) is 1. The van der Waals surface area contributed by atoms with Crippen molar-refractivity contribution in [2.75, 3.05) is 11.4 Å². The minimum Gasteiger partial charge on any atom is -0.369 e. The fourth-order valence-corrected chi connectivity index (χ4v) is 2.68. The molecule has 2 saturated carbocycles. The summed E-state index contributed by atoms with van der Waals surface area (Å²) in [6, 6.07) is 8.02. The predicted molar refractivity (Wildman–Crippen MR) is 77.4 cm³/mol. The van der Waals surface area contributed by atoms with Crippen molar-refractivity contribution in [2.24, 2.45) is 0 Å². The Hall–Kier alpha value is -0.730. The number of hydrogen-bond donors (Lipinski definition) is 1. The van der Waals surface area contributed by atoms with Crippen LogP contribution >= 0.6 is 11.6 Å². The second-order valence-corrected chi connectivity index (χ2v) is 5.86. The molecule has 0 aromatic heterocycles. The molecule has 0 bridgehead atoms. The normalized spacial score (nSPS) is 19.0. The average molecular weight is 265 g/mol. The standard InChI is InChI=1S/C15H21ClN2/c1-2-18(13-7-8-13)14-6-3-11(15(16)9-14)10-17-12-4-5-12/h3,6,9,12-13,17H,2,4-5,7-8,10H2,1H3. The molecule has 0 spiro atoms. The summed E-state index contributed by atoms with van der Waals surface area (Å²) in [6.45, 7) is 4.19. The van der Waals surface area contributed by atoms with Crippen molar-refractivity contribution in [2.45, 2.75) is 51.2 Å². The lowest BCUT2D eigenvalue weighted by Gasteiger charge is -2.23. The quantitative estimate of drug-likeness (QED) is 0.845. The van der Waals surface area contributed by atoms with Crippen molar-refractivity contribution in [3.05, 3.63) is 28.8 Å². The Morgan fingerprint density at radius 1 is 1.28 bits per heavy atom. The lowest BCUT2D eigenvalue weighted by Crippen LogP contribution is -2.25. The summed E-state index contributed by atoms with van der Waals surface area (Å²) in [5.74, 6) is 0. The Kier molecular flexibility index (Phi) is 3.49. The maximum Gasteiger partial charge on any atom is 0.0471 e. The number of nitrogens with zero attached hydrogens (tertiary/aromatic N) is 1. The second-order valence-electron chi connectivity index (χ2n) is 5.45. The van der Waals surface area contributed by atoms with Crippen LogP contribution < -0.4 is 10.2 Å². The molecular weight excluding hydrogens is 244 g/mol. The van der Waals surface area contributed by atoms with Crippen molar-refractivity contribution < 1.29 is 0 Å². The number of rotatable bonds is 6. The highest BCUT2D eigenvalue weighted by Gasteiger charge is 2.28. The zero-order chi connectivity index (χ0) is 12.5. The van der Waals surface area contributed by atoms with Crippen LogP contribution in [0.3, 0.4) is 0 Å². The fraction of sp³-hybridized carbons (Fsp3) is 0.600. The highest BCUT2D eigenvalue weighted by molar-refractivity contribution is 6.31. The zero-order valence-electron chi connectivity index (χ0n) is 11.0. The van der Waals surface area contributed by atoms with Gasteiger partial charge in [0.1, 0.15) is 0 Å². The van der Waals surface area contributed by atoms with Gasteiger partial charge in [-0.15, -0.1) is 0 Å². The van der Waals surface area contributed by atoms with Gasteiger partial charge in [0.05, 0.1) is 0 Å². The Morgan fingerprint density at radius 2 is 2.06 bits per heavy atom. The largest absolute Gasteiger partial charge is 0.369 e. The summed E-state index contributed by atoms with van der Waals surface area (Å²) in [7, 11) is 0. The Labute approximate surface area is 114 Å². The van der Waals surface area contributed by atoms with Crippen molar-refractivity contribution in [1.82, 2.24) is 5.32 Å². The molecule has 3 rings (SSSR count). The molecule has 2 fully saturated rings. The maximum absolute atomic E-state index is 6.39. The van der Waals surface area contributed by atoms with Crippen molar-refractivity contribution in [3.63, 3.8) is 0 Å². The van der Waals surface area contributed by atoms with Crippen LogP contribution in [0.1, 0.15) is 38.2 Å². The third-order valence-corrected chi connectivity index (χ3v) is 4.21. The van der Waals surface area contributed by atoms with Crippen LogP contribution in [-0.2, 0) is 6.54 Å². The van der Waals surface area contributed by atoms with Crippen LogP contribution in [0.25, 0.3) is 0 Å². The molecule has 0 atom stereocenters. The number of halogens is 1. The first-order valence-corrected chi connectivity index (χ1v) is 7.44. The van der Waals surface area contributed by atoms with Crippen molar-refractivity contribution in [3.8, 4) is 0 Å². The number of benzene rings is 1. The highest BCUT2D eigenvalue weighted by Crippen LogP contribution is 2.33. The molecule has 3 heteroatoms. The Balaban J connectivity index is 1.70. The van der Waals surface area contributed by atoms with Gasteiger partial charge in [0.15, 0.2) is 0 Å².